The Bertz CT molecular complexity index is 884. The average Bonchev–Trinajstić information content (AvgIpc) is 2.78. The maximum Gasteiger partial charge on any atom is 0.255 e. The van der Waals surface area contributed by atoms with Gasteiger partial charge in [-0.25, -0.2) is 4.68 Å². The molecule has 0 atom stereocenters. The van der Waals surface area contributed by atoms with Crippen LogP contribution in [0.4, 0.5) is 11.4 Å². The molecule has 1 aromatic heterocycles. The summed E-state index contributed by atoms with van der Waals surface area (Å²) in [5, 5.41) is 16.4. The molecule has 0 saturated heterocycles. The number of anilines is 2. The topological polar surface area (TPSA) is 84.2 Å². The van der Waals surface area contributed by atoms with Crippen molar-refractivity contribution in [3.8, 4) is 11.4 Å². The SMILES string of the molecule is Cc1cc(C)n(-c2c(Nc3ccc(O)cc3)c(=O)c2=O)n1. The molecule has 0 unspecified atom stereocenters. The van der Waals surface area contributed by atoms with Crippen LogP contribution in [0.2, 0.25) is 0 Å². The molecule has 6 nitrogen and oxygen atoms in total. The number of nitrogens with zero attached hydrogens (tertiary/aromatic N) is 2. The van der Waals surface area contributed by atoms with Gasteiger partial charge in [0.1, 0.15) is 17.1 Å². The van der Waals surface area contributed by atoms with Crippen molar-refractivity contribution < 1.29 is 5.11 Å². The average molecular weight is 283 g/mol. The molecule has 3 aromatic rings. The molecule has 0 fully saturated rings. The fraction of sp³-hybridized carbons (Fsp3) is 0.133. The number of phenolic OH excluding ortho intramolecular Hbond substituents is 1. The van der Waals surface area contributed by atoms with E-state index in [1.54, 1.807) is 12.1 Å². The summed E-state index contributed by atoms with van der Waals surface area (Å²) >= 11 is 0. The van der Waals surface area contributed by atoms with E-state index in [0.717, 1.165) is 11.4 Å². The van der Waals surface area contributed by atoms with Gasteiger partial charge in [-0.1, -0.05) is 0 Å². The Morgan fingerprint density at radius 3 is 2.33 bits per heavy atom. The first kappa shape index (κ1) is 13.1. The van der Waals surface area contributed by atoms with Crippen molar-refractivity contribution >= 4 is 11.4 Å². The first-order valence-electron chi connectivity index (χ1n) is 6.40. The second-order valence-corrected chi connectivity index (χ2v) is 4.89. The summed E-state index contributed by atoms with van der Waals surface area (Å²) in [6.07, 6.45) is 0. The fourth-order valence-corrected chi connectivity index (χ4v) is 2.24. The molecule has 0 radical (unpaired) electrons. The minimum Gasteiger partial charge on any atom is -0.508 e. The summed E-state index contributed by atoms with van der Waals surface area (Å²) in [4.78, 5) is 23.6. The third kappa shape index (κ3) is 2.10. The van der Waals surface area contributed by atoms with Gasteiger partial charge in [-0.05, 0) is 44.2 Å². The van der Waals surface area contributed by atoms with E-state index >= 15 is 0 Å². The number of nitrogens with one attached hydrogen (secondary N) is 1. The van der Waals surface area contributed by atoms with Crippen molar-refractivity contribution in [1.82, 2.24) is 9.78 Å². The zero-order valence-electron chi connectivity index (χ0n) is 11.5. The van der Waals surface area contributed by atoms with Gasteiger partial charge in [-0.15, -0.1) is 0 Å². The van der Waals surface area contributed by atoms with E-state index in [1.165, 1.54) is 16.8 Å². The number of aryl methyl sites for hydroxylation is 2. The predicted octanol–water partition coefficient (Wildman–Crippen LogP) is 1.53. The number of hydrogen-bond acceptors (Lipinski definition) is 5. The summed E-state index contributed by atoms with van der Waals surface area (Å²) in [7, 11) is 0. The Morgan fingerprint density at radius 2 is 1.76 bits per heavy atom. The number of aromatic hydroxyl groups is 1. The molecular formula is C15H13N3O3. The highest BCUT2D eigenvalue weighted by Crippen LogP contribution is 2.22. The Balaban J connectivity index is 2.03. The lowest BCUT2D eigenvalue weighted by molar-refractivity contribution is 0.475. The Hall–Kier alpha value is -2.89. The molecule has 0 spiro atoms. The van der Waals surface area contributed by atoms with Crippen LogP contribution in [0, 0.1) is 13.8 Å². The first-order valence-corrected chi connectivity index (χ1v) is 6.40. The predicted molar refractivity (Wildman–Crippen MR) is 79.3 cm³/mol. The largest absolute Gasteiger partial charge is 0.508 e. The van der Waals surface area contributed by atoms with Gasteiger partial charge in [0.15, 0.2) is 0 Å². The van der Waals surface area contributed by atoms with Gasteiger partial charge >= 0.3 is 0 Å². The Morgan fingerprint density at radius 1 is 1.10 bits per heavy atom. The second-order valence-electron chi connectivity index (χ2n) is 4.89. The van der Waals surface area contributed by atoms with Gasteiger partial charge in [0.25, 0.3) is 10.9 Å². The van der Waals surface area contributed by atoms with Crippen molar-refractivity contribution in [1.29, 1.82) is 0 Å². The number of hydrogen-bond donors (Lipinski definition) is 2. The summed E-state index contributed by atoms with van der Waals surface area (Å²) in [6, 6.07) is 8.07. The summed E-state index contributed by atoms with van der Waals surface area (Å²) in [5.74, 6) is 0.129. The quantitative estimate of drug-likeness (QED) is 0.562. The first-order chi connectivity index (χ1) is 9.97. The fourth-order valence-electron chi connectivity index (χ4n) is 2.24. The van der Waals surface area contributed by atoms with E-state index < -0.39 is 10.9 Å². The molecule has 0 aliphatic heterocycles. The number of benzene rings is 1. The number of phenols is 1. The van der Waals surface area contributed by atoms with E-state index in [4.69, 9.17) is 0 Å². The van der Waals surface area contributed by atoms with Gasteiger partial charge in [0.05, 0.1) is 5.69 Å². The van der Waals surface area contributed by atoms with E-state index in [9.17, 15) is 14.7 Å². The molecule has 1 heterocycles. The van der Waals surface area contributed by atoms with Gasteiger partial charge in [0.2, 0.25) is 0 Å². The smallest absolute Gasteiger partial charge is 0.255 e. The highest BCUT2D eigenvalue weighted by atomic mass is 16.3. The third-order valence-corrected chi connectivity index (χ3v) is 3.24. The standard InChI is InChI=1S/C15H13N3O3/c1-8-7-9(2)18(17-8)13-12(14(20)15(13)21)16-10-3-5-11(19)6-4-10/h3-7,16,19H,1-2H3. The lowest BCUT2D eigenvalue weighted by Gasteiger charge is -2.14. The minimum absolute atomic E-state index is 0.129. The molecule has 106 valence electrons. The minimum atomic E-state index is -0.564. The van der Waals surface area contributed by atoms with Gasteiger partial charge in [-0.2, -0.15) is 5.10 Å². The molecule has 0 bridgehead atoms. The van der Waals surface area contributed by atoms with Crippen LogP contribution in [0.5, 0.6) is 5.75 Å². The van der Waals surface area contributed by atoms with Crippen LogP contribution in [-0.4, -0.2) is 14.9 Å². The van der Waals surface area contributed by atoms with Crippen LogP contribution >= 0.6 is 0 Å². The molecule has 3 rings (SSSR count). The van der Waals surface area contributed by atoms with Crippen LogP contribution in [0.15, 0.2) is 39.9 Å². The number of aromatic nitrogens is 2. The van der Waals surface area contributed by atoms with Crippen LogP contribution < -0.4 is 16.2 Å². The van der Waals surface area contributed by atoms with Crippen LogP contribution in [0.1, 0.15) is 11.4 Å². The number of rotatable bonds is 3. The molecule has 2 aromatic carbocycles. The van der Waals surface area contributed by atoms with Crippen LogP contribution in [-0.2, 0) is 0 Å². The van der Waals surface area contributed by atoms with Crippen molar-refractivity contribution in [2.75, 3.05) is 5.32 Å². The molecule has 6 heteroatoms. The zero-order valence-corrected chi connectivity index (χ0v) is 11.5. The molecule has 0 saturated carbocycles. The lowest BCUT2D eigenvalue weighted by Crippen LogP contribution is -2.38. The van der Waals surface area contributed by atoms with E-state index in [0.29, 0.717) is 5.69 Å². The summed E-state index contributed by atoms with van der Waals surface area (Å²) in [5.41, 5.74) is 1.52. The van der Waals surface area contributed by atoms with E-state index in [1.807, 2.05) is 19.9 Å². The van der Waals surface area contributed by atoms with Crippen LogP contribution in [0.3, 0.4) is 0 Å². The normalized spacial score (nSPS) is 11.0. The maximum absolute atomic E-state index is 11.8. The van der Waals surface area contributed by atoms with Gasteiger partial charge in [0, 0.05) is 11.4 Å². The zero-order chi connectivity index (χ0) is 15.1. The maximum atomic E-state index is 11.8. The highest BCUT2D eigenvalue weighted by molar-refractivity contribution is 5.73. The molecule has 0 amide bonds. The van der Waals surface area contributed by atoms with Gasteiger partial charge < -0.3 is 10.4 Å². The van der Waals surface area contributed by atoms with E-state index in [2.05, 4.69) is 10.4 Å². The van der Waals surface area contributed by atoms with E-state index in [-0.39, 0.29) is 17.1 Å². The molecule has 2 N–H and O–H groups in total. The molecule has 0 aliphatic carbocycles. The third-order valence-electron chi connectivity index (χ3n) is 3.24. The summed E-state index contributed by atoms with van der Waals surface area (Å²) < 4.78 is 1.47. The summed E-state index contributed by atoms with van der Waals surface area (Å²) in [6.45, 7) is 3.64. The van der Waals surface area contributed by atoms with Crippen LogP contribution in [0.25, 0.3) is 5.69 Å². The van der Waals surface area contributed by atoms with Crippen molar-refractivity contribution in [2.24, 2.45) is 0 Å². The molecule has 0 aliphatic rings. The molecule has 21 heavy (non-hydrogen) atoms. The van der Waals surface area contributed by atoms with Crippen molar-refractivity contribution in [3.05, 3.63) is 62.2 Å². The highest BCUT2D eigenvalue weighted by Gasteiger charge is 2.24. The van der Waals surface area contributed by atoms with Crippen molar-refractivity contribution in [2.45, 2.75) is 13.8 Å². The molecular weight excluding hydrogens is 270 g/mol. The van der Waals surface area contributed by atoms with Crippen molar-refractivity contribution in [3.63, 3.8) is 0 Å². The second kappa shape index (κ2) is 4.59. The van der Waals surface area contributed by atoms with Gasteiger partial charge in [-0.3, -0.25) is 9.59 Å². The lowest BCUT2D eigenvalue weighted by atomic mass is 10.1. The Kier molecular flexibility index (Phi) is 2.86. The Labute approximate surface area is 120 Å². The monoisotopic (exact) mass is 283 g/mol.